The Morgan fingerprint density at radius 2 is 1.65 bits per heavy atom. The van der Waals surface area contributed by atoms with Crippen molar-refractivity contribution in [1.82, 2.24) is 0 Å². The number of nitrogens with one attached hydrogen (secondary N) is 1. The molecule has 0 fully saturated rings. The van der Waals surface area contributed by atoms with Crippen LogP contribution in [-0.2, 0) is 17.6 Å². The van der Waals surface area contributed by atoms with E-state index in [0.29, 0.717) is 5.75 Å². The lowest BCUT2D eigenvalue weighted by atomic mass is 10.0. The van der Waals surface area contributed by atoms with Gasteiger partial charge in [0.25, 0.3) is 5.91 Å². The van der Waals surface area contributed by atoms with Crippen LogP contribution < -0.4 is 10.1 Å². The van der Waals surface area contributed by atoms with Crippen molar-refractivity contribution in [2.24, 2.45) is 0 Å². The highest BCUT2D eigenvalue weighted by molar-refractivity contribution is 9.10. The summed E-state index contributed by atoms with van der Waals surface area (Å²) in [4.78, 5) is 12.5. The molecule has 0 aromatic heterocycles. The zero-order valence-electron chi connectivity index (χ0n) is 13.7. The quantitative estimate of drug-likeness (QED) is 0.772. The van der Waals surface area contributed by atoms with Gasteiger partial charge < -0.3 is 10.1 Å². The van der Waals surface area contributed by atoms with E-state index in [1.165, 1.54) is 0 Å². The smallest absolute Gasteiger partial charge is 0.265 e. The van der Waals surface area contributed by atoms with Crippen LogP contribution in [0.1, 0.15) is 31.9 Å². The van der Waals surface area contributed by atoms with E-state index >= 15 is 0 Å². The fraction of sp³-hybridized carbons (Fsp3) is 0.316. The highest BCUT2D eigenvalue weighted by atomic mass is 79.9. The molecule has 1 amide bonds. The first-order valence-electron chi connectivity index (χ1n) is 7.89. The molecule has 0 radical (unpaired) electrons. The van der Waals surface area contributed by atoms with Gasteiger partial charge in [0.05, 0.1) is 0 Å². The fourth-order valence-electron chi connectivity index (χ4n) is 2.40. The number of hydrogen-bond acceptors (Lipinski definition) is 2. The molecule has 0 aliphatic carbocycles. The van der Waals surface area contributed by atoms with Gasteiger partial charge in [-0.1, -0.05) is 48.0 Å². The summed E-state index contributed by atoms with van der Waals surface area (Å²) in [6.45, 7) is 5.94. The molecule has 23 heavy (non-hydrogen) atoms. The van der Waals surface area contributed by atoms with Gasteiger partial charge in [0.1, 0.15) is 5.75 Å². The summed E-state index contributed by atoms with van der Waals surface area (Å²) in [5.41, 5.74) is 3.22. The number of aryl methyl sites for hydroxylation is 2. The maximum absolute atomic E-state index is 12.5. The summed E-state index contributed by atoms with van der Waals surface area (Å²) in [6.07, 6.45) is 1.20. The van der Waals surface area contributed by atoms with Gasteiger partial charge in [-0.15, -0.1) is 0 Å². The molecule has 2 aromatic rings. The van der Waals surface area contributed by atoms with Gasteiger partial charge in [-0.05, 0) is 55.2 Å². The van der Waals surface area contributed by atoms with Crippen molar-refractivity contribution in [3.63, 3.8) is 0 Å². The lowest BCUT2D eigenvalue weighted by Crippen LogP contribution is -2.30. The molecule has 3 nitrogen and oxygen atoms in total. The van der Waals surface area contributed by atoms with Gasteiger partial charge in [0.15, 0.2) is 6.10 Å². The summed E-state index contributed by atoms with van der Waals surface area (Å²) < 4.78 is 6.70. The van der Waals surface area contributed by atoms with E-state index in [9.17, 15) is 4.79 Å². The fourth-order valence-corrected chi connectivity index (χ4v) is 2.66. The monoisotopic (exact) mass is 375 g/mol. The van der Waals surface area contributed by atoms with Crippen LogP contribution in [-0.4, -0.2) is 12.0 Å². The van der Waals surface area contributed by atoms with Crippen molar-refractivity contribution in [2.75, 3.05) is 5.32 Å². The molecular formula is C19H22BrNO2. The molecule has 1 N–H and O–H groups in total. The minimum Gasteiger partial charge on any atom is -0.481 e. The van der Waals surface area contributed by atoms with E-state index in [1.54, 1.807) is 6.92 Å². The molecule has 0 aliphatic rings. The molecular weight excluding hydrogens is 354 g/mol. The molecule has 4 heteroatoms. The lowest BCUT2D eigenvalue weighted by Gasteiger charge is -2.18. The number of anilines is 1. The molecule has 2 aromatic carbocycles. The van der Waals surface area contributed by atoms with Crippen molar-refractivity contribution < 1.29 is 9.53 Å². The average Bonchev–Trinajstić information content (AvgIpc) is 2.56. The van der Waals surface area contributed by atoms with Crippen LogP contribution in [0, 0.1) is 0 Å². The number of hydrogen-bond donors (Lipinski definition) is 1. The van der Waals surface area contributed by atoms with Gasteiger partial charge in [0.2, 0.25) is 0 Å². The summed E-state index contributed by atoms with van der Waals surface area (Å²) in [5.74, 6) is 0.541. The molecule has 0 unspecified atom stereocenters. The van der Waals surface area contributed by atoms with Gasteiger partial charge in [-0.3, -0.25) is 4.79 Å². The molecule has 122 valence electrons. The van der Waals surface area contributed by atoms with E-state index in [0.717, 1.165) is 34.1 Å². The topological polar surface area (TPSA) is 38.3 Å². The van der Waals surface area contributed by atoms with Crippen LogP contribution >= 0.6 is 15.9 Å². The third-order valence-electron chi connectivity index (χ3n) is 3.74. The molecule has 0 spiro atoms. The van der Waals surface area contributed by atoms with Gasteiger partial charge in [-0.2, -0.15) is 0 Å². The van der Waals surface area contributed by atoms with Crippen molar-refractivity contribution >= 4 is 27.5 Å². The Balaban J connectivity index is 2.10. The Bertz CT molecular complexity index is 645. The van der Waals surface area contributed by atoms with E-state index in [4.69, 9.17) is 4.74 Å². The number of ether oxygens (including phenoxy) is 1. The van der Waals surface area contributed by atoms with Gasteiger partial charge >= 0.3 is 0 Å². The Morgan fingerprint density at radius 3 is 2.17 bits per heavy atom. The van der Waals surface area contributed by atoms with Crippen LogP contribution in [0.25, 0.3) is 0 Å². The Hall–Kier alpha value is -1.81. The number of carbonyl (C=O) groups is 1. The van der Waals surface area contributed by atoms with Crippen LogP contribution in [0.15, 0.2) is 46.9 Å². The number of rotatable bonds is 6. The number of amides is 1. The first kappa shape index (κ1) is 17.5. The number of para-hydroxylation sites is 1. The summed E-state index contributed by atoms with van der Waals surface area (Å²) in [6, 6.07) is 13.6. The van der Waals surface area contributed by atoms with E-state index in [2.05, 4.69) is 47.2 Å². The Kier molecular flexibility index (Phi) is 6.22. The van der Waals surface area contributed by atoms with Gasteiger partial charge in [-0.25, -0.2) is 0 Å². The minimum absolute atomic E-state index is 0.136. The largest absolute Gasteiger partial charge is 0.481 e. The van der Waals surface area contributed by atoms with Crippen LogP contribution in [0.5, 0.6) is 5.75 Å². The molecule has 0 aliphatic heterocycles. The molecule has 1 atom stereocenters. The second-order valence-electron chi connectivity index (χ2n) is 5.36. The zero-order chi connectivity index (χ0) is 16.8. The summed E-state index contributed by atoms with van der Waals surface area (Å²) in [5, 5.41) is 3.04. The first-order chi connectivity index (χ1) is 11.0. The highest BCUT2D eigenvalue weighted by Gasteiger charge is 2.17. The van der Waals surface area contributed by atoms with E-state index < -0.39 is 6.10 Å². The van der Waals surface area contributed by atoms with E-state index in [1.807, 2.05) is 30.3 Å². The minimum atomic E-state index is -0.564. The van der Waals surface area contributed by atoms with Crippen molar-refractivity contribution in [3.8, 4) is 5.75 Å². The highest BCUT2D eigenvalue weighted by Crippen LogP contribution is 2.23. The average molecular weight is 376 g/mol. The predicted molar refractivity (Wildman–Crippen MR) is 98.1 cm³/mol. The first-order valence-corrected chi connectivity index (χ1v) is 8.68. The Morgan fingerprint density at radius 1 is 1.09 bits per heavy atom. The molecule has 0 saturated carbocycles. The van der Waals surface area contributed by atoms with Gasteiger partial charge in [0, 0.05) is 10.2 Å². The number of benzene rings is 2. The number of carbonyl (C=O) groups excluding carboxylic acids is 1. The van der Waals surface area contributed by atoms with Crippen molar-refractivity contribution in [3.05, 3.63) is 58.1 Å². The third-order valence-corrected chi connectivity index (χ3v) is 4.27. The molecule has 2 rings (SSSR count). The van der Waals surface area contributed by atoms with Crippen LogP contribution in [0.2, 0.25) is 0 Å². The predicted octanol–water partition coefficient (Wildman–Crippen LogP) is 4.98. The van der Waals surface area contributed by atoms with E-state index in [-0.39, 0.29) is 5.91 Å². The molecule has 0 heterocycles. The van der Waals surface area contributed by atoms with Crippen LogP contribution in [0.4, 0.5) is 5.69 Å². The summed E-state index contributed by atoms with van der Waals surface area (Å²) >= 11 is 3.38. The molecule has 0 saturated heterocycles. The maximum Gasteiger partial charge on any atom is 0.265 e. The maximum atomic E-state index is 12.5. The van der Waals surface area contributed by atoms with Crippen LogP contribution in [0.3, 0.4) is 0 Å². The second kappa shape index (κ2) is 8.16. The normalized spacial score (nSPS) is 11.8. The number of halogens is 1. The summed E-state index contributed by atoms with van der Waals surface area (Å²) in [7, 11) is 0. The SMILES string of the molecule is CCc1cccc(CC)c1NC(=O)[C@@H](C)Oc1ccc(Br)cc1. The standard InChI is InChI=1S/C19H22BrNO2/c1-4-14-7-6-8-15(5-2)18(14)21-19(22)13(3)23-17-11-9-16(20)10-12-17/h6-13H,4-5H2,1-3H3,(H,21,22)/t13-/m1/s1. The Labute approximate surface area is 146 Å². The zero-order valence-corrected chi connectivity index (χ0v) is 15.3. The van der Waals surface area contributed by atoms with Crippen molar-refractivity contribution in [2.45, 2.75) is 39.7 Å². The third kappa shape index (κ3) is 4.58. The lowest BCUT2D eigenvalue weighted by molar-refractivity contribution is -0.122. The second-order valence-corrected chi connectivity index (χ2v) is 6.28. The molecule has 0 bridgehead atoms. The van der Waals surface area contributed by atoms with Crippen molar-refractivity contribution in [1.29, 1.82) is 0 Å².